The smallest absolute Gasteiger partial charge is 0.300 e. The zero-order valence-electron chi connectivity index (χ0n) is 8.57. The number of carbonyl (C=O) groups excluding carboxylic acids is 1. The molecule has 5 heteroatoms. The van der Waals surface area contributed by atoms with E-state index in [4.69, 9.17) is 0 Å². The molecule has 0 bridgehead atoms. The molecule has 1 aromatic carbocycles. The van der Waals surface area contributed by atoms with E-state index < -0.39 is 17.6 Å². The van der Waals surface area contributed by atoms with Crippen molar-refractivity contribution in [3.05, 3.63) is 35.1 Å². The Labute approximate surface area is 90.1 Å². The molecule has 88 valence electrons. The SMILES string of the molecule is CC(=O)CCc1cccc(C(F)(F)F)c1F. The van der Waals surface area contributed by atoms with Gasteiger partial charge in [0.2, 0.25) is 0 Å². The third-order valence-electron chi connectivity index (χ3n) is 2.13. The van der Waals surface area contributed by atoms with Gasteiger partial charge in [-0.1, -0.05) is 12.1 Å². The van der Waals surface area contributed by atoms with Crippen LogP contribution in [-0.4, -0.2) is 5.78 Å². The number of rotatable bonds is 3. The highest BCUT2D eigenvalue weighted by atomic mass is 19.4. The highest BCUT2D eigenvalue weighted by molar-refractivity contribution is 5.75. The Morgan fingerprint density at radius 2 is 1.94 bits per heavy atom. The molecule has 0 saturated heterocycles. The van der Waals surface area contributed by atoms with Gasteiger partial charge in [0.15, 0.2) is 0 Å². The molecular formula is C11H10F4O. The first kappa shape index (κ1) is 12.7. The zero-order valence-corrected chi connectivity index (χ0v) is 8.57. The van der Waals surface area contributed by atoms with Crippen LogP contribution in [0.2, 0.25) is 0 Å². The molecule has 0 saturated carbocycles. The maximum absolute atomic E-state index is 13.4. The maximum atomic E-state index is 13.4. The van der Waals surface area contributed by atoms with Crippen molar-refractivity contribution in [1.29, 1.82) is 0 Å². The molecule has 0 aliphatic heterocycles. The Hall–Kier alpha value is -1.39. The lowest BCUT2D eigenvalue weighted by molar-refractivity contribution is -0.140. The second-order valence-electron chi connectivity index (χ2n) is 3.48. The fraction of sp³-hybridized carbons (Fsp3) is 0.364. The molecule has 0 atom stereocenters. The molecule has 0 fully saturated rings. The summed E-state index contributed by atoms with van der Waals surface area (Å²) in [6.07, 6.45) is -4.67. The summed E-state index contributed by atoms with van der Waals surface area (Å²) in [7, 11) is 0. The van der Waals surface area contributed by atoms with Gasteiger partial charge in [-0.25, -0.2) is 4.39 Å². The summed E-state index contributed by atoms with van der Waals surface area (Å²) >= 11 is 0. The molecule has 0 aromatic heterocycles. The molecule has 0 spiro atoms. The van der Waals surface area contributed by atoms with E-state index in [1.807, 2.05) is 0 Å². The van der Waals surface area contributed by atoms with Crippen LogP contribution < -0.4 is 0 Å². The van der Waals surface area contributed by atoms with E-state index >= 15 is 0 Å². The van der Waals surface area contributed by atoms with Crippen molar-refractivity contribution in [3.8, 4) is 0 Å². The Morgan fingerprint density at radius 1 is 1.31 bits per heavy atom. The van der Waals surface area contributed by atoms with Crippen LogP contribution in [0.15, 0.2) is 18.2 Å². The summed E-state index contributed by atoms with van der Waals surface area (Å²) in [4.78, 5) is 10.7. The first-order chi connectivity index (χ1) is 7.32. The highest BCUT2D eigenvalue weighted by Crippen LogP contribution is 2.32. The van der Waals surface area contributed by atoms with Gasteiger partial charge in [0.1, 0.15) is 11.6 Å². The molecule has 0 unspecified atom stereocenters. The molecule has 16 heavy (non-hydrogen) atoms. The summed E-state index contributed by atoms with van der Waals surface area (Å²) < 4.78 is 50.3. The molecule has 0 heterocycles. The number of hydrogen-bond donors (Lipinski definition) is 0. The maximum Gasteiger partial charge on any atom is 0.419 e. The lowest BCUT2D eigenvalue weighted by atomic mass is 10.0. The van der Waals surface area contributed by atoms with Crippen LogP contribution in [0.1, 0.15) is 24.5 Å². The minimum Gasteiger partial charge on any atom is -0.300 e. The van der Waals surface area contributed by atoms with E-state index in [1.54, 1.807) is 0 Å². The number of hydrogen-bond acceptors (Lipinski definition) is 1. The predicted octanol–water partition coefficient (Wildman–Crippen LogP) is 3.37. The number of ketones is 1. The predicted molar refractivity (Wildman–Crippen MR) is 50.4 cm³/mol. The standard InChI is InChI=1S/C11H10F4O/c1-7(16)5-6-8-3-2-4-9(10(8)12)11(13,14)15/h2-4H,5-6H2,1H3. The number of alkyl halides is 3. The average molecular weight is 234 g/mol. The summed E-state index contributed by atoms with van der Waals surface area (Å²) in [5.74, 6) is -1.46. The quantitative estimate of drug-likeness (QED) is 0.733. The van der Waals surface area contributed by atoms with Crippen LogP contribution in [0.4, 0.5) is 17.6 Å². The second kappa shape index (κ2) is 4.63. The second-order valence-corrected chi connectivity index (χ2v) is 3.48. The molecule has 0 N–H and O–H groups in total. The van der Waals surface area contributed by atoms with Crippen molar-refractivity contribution in [1.82, 2.24) is 0 Å². The van der Waals surface area contributed by atoms with Crippen LogP contribution in [0, 0.1) is 5.82 Å². The number of Topliss-reactive ketones (excluding diaryl/α,β-unsaturated/α-hetero) is 1. The van der Waals surface area contributed by atoms with Crippen molar-refractivity contribution in [2.45, 2.75) is 25.9 Å². The first-order valence-electron chi connectivity index (χ1n) is 4.66. The molecular weight excluding hydrogens is 224 g/mol. The summed E-state index contributed by atoms with van der Waals surface area (Å²) in [6.45, 7) is 1.31. The van der Waals surface area contributed by atoms with Gasteiger partial charge in [-0.05, 0) is 25.0 Å². The minimum absolute atomic E-state index is 0.00884. The molecule has 0 amide bonds. The first-order valence-corrected chi connectivity index (χ1v) is 4.66. The Kier molecular flexibility index (Phi) is 3.67. The van der Waals surface area contributed by atoms with Gasteiger partial charge in [-0.3, -0.25) is 0 Å². The van der Waals surface area contributed by atoms with Crippen LogP contribution in [0.5, 0.6) is 0 Å². The van der Waals surface area contributed by atoms with Crippen molar-refractivity contribution >= 4 is 5.78 Å². The van der Waals surface area contributed by atoms with Gasteiger partial charge in [-0.15, -0.1) is 0 Å². The Morgan fingerprint density at radius 3 is 2.44 bits per heavy atom. The minimum atomic E-state index is -4.70. The van der Waals surface area contributed by atoms with Crippen LogP contribution in [-0.2, 0) is 17.4 Å². The molecule has 0 aliphatic carbocycles. The largest absolute Gasteiger partial charge is 0.419 e. The molecule has 0 aliphatic rings. The van der Waals surface area contributed by atoms with Gasteiger partial charge in [0.05, 0.1) is 5.56 Å². The third-order valence-corrected chi connectivity index (χ3v) is 2.13. The Balaban J connectivity index is 3.00. The van der Waals surface area contributed by atoms with Crippen molar-refractivity contribution in [2.24, 2.45) is 0 Å². The van der Waals surface area contributed by atoms with Crippen LogP contribution >= 0.6 is 0 Å². The number of halogens is 4. The van der Waals surface area contributed by atoms with Gasteiger partial charge < -0.3 is 4.79 Å². The summed E-state index contributed by atoms with van der Waals surface area (Å²) in [5, 5.41) is 0. The van der Waals surface area contributed by atoms with E-state index in [-0.39, 0.29) is 24.2 Å². The molecule has 0 radical (unpaired) electrons. The van der Waals surface area contributed by atoms with E-state index in [9.17, 15) is 22.4 Å². The topological polar surface area (TPSA) is 17.1 Å². The molecule has 1 rings (SSSR count). The van der Waals surface area contributed by atoms with Gasteiger partial charge in [0.25, 0.3) is 0 Å². The van der Waals surface area contributed by atoms with Gasteiger partial charge in [-0.2, -0.15) is 13.2 Å². The van der Waals surface area contributed by atoms with Gasteiger partial charge >= 0.3 is 6.18 Å². The number of benzene rings is 1. The van der Waals surface area contributed by atoms with Crippen molar-refractivity contribution in [3.63, 3.8) is 0 Å². The van der Waals surface area contributed by atoms with E-state index in [0.29, 0.717) is 6.07 Å². The van der Waals surface area contributed by atoms with Gasteiger partial charge in [0, 0.05) is 6.42 Å². The highest BCUT2D eigenvalue weighted by Gasteiger charge is 2.34. The number of aryl methyl sites for hydroxylation is 1. The molecule has 1 nitrogen and oxygen atoms in total. The van der Waals surface area contributed by atoms with E-state index in [0.717, 1.165) is 6.07 Å². The lowest BCUT2D eigenvalue weighted by Crippen LogP contribution is -2.10. The van der Waals surface area contributed by atoms with Crippen LogP contribution in [0.25, 0.3) is 0 Å². The number of carbonyl (C=O) groups is 1. The Bertz CT molecular complexity index is 395. The van der Waals surface area contributed by atoms with Crippen LogP contribution in [0.3, 0.4) is 0 Å². The summed E-state index contributed by atoms with van der Waals surface area (Å²) in [5.41, 5.74) is -1.36. The summed E-state index contributed by atoms with van der Waals surface area (Å²) in [6, 6.07) is 3.08. The zero-order chi connectivity index (χ0) is 12.3. The molecule has 1 aromatic rings. The lowest BCUT2D eigenvalue weighted by Gasteiger charge is -2.10. The normalized spacial score (nSPS) is 11.6. The van der Waals surface area contributed by atoms with Crippen molar-refractivity contribution in [2.75, 3.05) is 0 Å². The fourth-order valence-corrected chi connectivity index (χ4v) is 1.30. The fourth-order valence-electron chi connectivity index (χ4n) is 1.30. The van der Waals surface area contributed by atoms with E-state index in [1.165, 1.54) is 13.0 Å². The third kappa shape index (κ3) is 3.05. The monoisotopic (exact) mass is 234 g/mol. The van der Waals surface area contributed by atoms with Crippen molar-refractivity contribution < 1.29 is 22.4 Å². The average Bonchev–Trinajstić information content (AvgIpc) is 2.14. The van der Waals surface area contributed by atoms with E-state index in [2.05, 4.69) is 0 Å².